The van der Waals surface area contributed by atoms with Crippen LogP contribution in [0.25, 0.3) is 11.1 Å². The third kappa shape index (κ3) is 2.05. The van der Waals surface area contributed by atoms with Crippen LogP contribution in [0.15, 0.2) is 17.0 Å². The van der Waals surface area contributed by atoms with E-state index in [1.807, 2.05) is 0 Å². The van der Waals surface area contributed by atoms with Crippen molar-refractivity contribution in [1.82, 2.24) is 15.1 Å². The summed E-state index contributed by atoms with van der Waals surface area (Å²) in [5.74, 6) is 1.59. The molecule has 2 atom stereocenters. The van der Waals surface area contributed by atoms with Crippen LogP contribution in [0.5, 0.6) is 0 Å². The van der Waals surface area contributed by atoms with Gasteiger partial charge in [0, 0.05) is 6.04 Å². The minimum atomic E-state index is 0.511. The third-order valence-electron chi connectivity index (χ3n) is 3.92. The Morgan fingerprint density at radius 2 is 2.22 bits per heavy atom. The number of anilines is 1. The SMILES string of the molecule is CC[C@H]1CCCC[C@@H]1Nc1ncnc2oncc12. The molecule has 0 amide bonds. The van der Waals surface area contributed by atoms with E-state index < -0.39 is 0 Å². The fraction of sp³-hybridized carbons (Fsp3) is 0.615. The fourth-order valence-electron chi connectivity index (χ4n) is 2.87. The quantitative estimate of drug-likeness (QED) is 0.901. The van der Waals surface area contributed by atoms with Crippen LogP contribution in [-0.2, 0) is 0 Å². The first kappa shape index (κ1) is 11.4. The summed E-state index contributed by atoms with van der Waals surface area (Å²) in [5, 5.41) is 8.21. The second-order valence-corrected chi connectivity index (χ2v) is 4.97. The molecule has 1 aliphatic carbocycles. The molecule has 2 aromatic rings. The first-order valence-electron chi connectivity index (χ1n) is 6.70. The van der Waals surface area contributed by atoms with E-state index in [0.717, 1.165) is 17.1 Å². The first-order chi connectivity index (χ1) is 8.88. The van der Waals surface area contributed by atoms with Crippen molar-refractivity contribution in [2.24, 2.45) is 5.92 Å². The summed E-state index contributed by atoms with van der Waals surface area (Å²) < 4.78 is 5.06. The van der Waals surface area contributed by atoms with E-state index in [2.05, 4.69) is 27.4 Å². The largest absolute Gasteiger partial charge is 0.366 e. The van der Waals surface area contributed by atoms with Crippen molar-refractivity contribution < 1.29 is 4.52 Å². The standard InChI is InChI=1S/C13H18N4O/c1-2-9-5-3-4-6-11(9)17-12-10-7-16-18-13(10)15-8-14-12/h7-9,11H,2-6H2,1H3,(H,14,15,17)/t9-,11-/m0/s1. The zero-order valence-corrected chi connectivity index (χ0v) is 10.6. The van der Waals surface area contributed by atoms with Crippen molar-refractivity contribution in [3.63, 3.8) is 0 Å². The van der Waals surface area contributed by atoms with Gasteiger partial charge in [0.05, 0.1) is 6.20 Å². The van der Waals surface area contributed by atoms with E-state index in [9.17, 15) is 0 Å². The molecule has 0 aromatic carbocycles. The van der Waals surface area contributed by atoms with Crippen LogP contribution >= 0.6 is 0 Å². The molecule has 1 fully saturated rings. The van der Waals surface area contributed by atoms with Crippen molar-refractivity contribution >= 4 is 16.9 Å². The second kappa shape index (κ2) is 4.92. The average Bonchev–Trinajstić information content (AvgIpc) is 2.89. The van der Waals surface area contributed by atoms with Gasteiger partial charge in [-0.05, 0) is 18.8 Å². The Labute approximate surface area is 106 Å². The van der Waals surface area contributed by atoms with Crippen molar-refractivity contribution in [2.45, 2.75) is 45.1 Å². The van der Waals surface area contributed by atoms with Crippen LogP contribution in [-0.4, -0.2) is 21.2 Å². The summed E-state index contributed by atoms with van der Waals surface area (Å²) in [6, 6.07) is 0.511. The molecule has 0 bridgehead atoms. The molecular formula is C13H18N4O. The molecule has 0 saturated heterocycles. The molecule has 1 N–H and O–H groups in total. The summed E-state index contributed by atoms with van der Waals surface area (Å²) in [7, 11) is 0. The van der Waals surface area contributed by atoms with Gasteiger partial charge in [-0.1, -0.05) is 31.3 Å². The van der Waals surface area contributed by atoms with Gasteiger partial charge < -0.3 is 9.84 Å². The molecule has 5 nitrogen and oxygen atoms in total. The Kier molecular flexibility index (Phi) is 3.13. The van der Waals surface area contributed by atoms with Crippen molar-refractivity contribution in [1.29, 1.82) is 0 Å². The Morgan fingerprint density at radius 3 is 3.11 bits per heavy atom. The van der Waals surface area contributed by atoms with Crippen LogP contribution in [0, 0.1) is 5.92 Å². The maximum Gasteiger partial charge on any atom is 0.262 e. The lowest BCUT2D eigenvalue weighted by Gasteiger charge is -2.31. The highest BCUT2D eigenvalue weighted by molar-refractivity contribution is 5.84. The van der Waals surface area contributed by atoms with Crippen LogP contribution < -0.4 is 5.32 Å². The number of nitrogens with one attached hydrogen (secondary N) is 1. The maximum atomic E-state index is 5.06. The number of rotatable bonds is 3. The van der Waals surface area contributed by atoms with E-state index in [1.54, 1.807) is 6.20 Å². The lowest BCUT2D eigenvalue weighted by molar-refractivity contribution is 0.317. The number of nitrogens with zero attached hydrogens (tertiary/aromatic N) is 3. The molecule has 0 radical (unpaired) electrons. The van der Waals surface area contributed by atoms with Gasteiger partial charge in [0.25, 0.3) is 5.71 Å². The molecule has 0 spiro atoms. The minimum Gasteiger partial charge on any atom is -0.366 e. The molecule has 1 aliphatic rings. The zero-order chi connectivity index (χ0) is 12.4. The van der Waals surface area contributed by atoms with Gasteiger partial charge >= 0.3 is 0 Å². The van der Waals surface area contributed by atoms with E-state index in [1.165, 1.54) is 38.4 Å². The van der Waals surface area contributed by atoms with Crippen molar-refractivity contribution in [3.05, 3.63) is 12.5 Å². The summed E-state index contributed by atoms with van der Waals surface area (Å²) in [5.41, 5.74) is 0.552. The predicted octanol–water partition coefficient (Wildman–Crippen LogP) is 3.00. The molecule has 96 valence electrons. The summed E-state index contributed by atoms with van der Waals surface area (Å²) in [4.78, 5) is 8.37. The molecule has 0 aliphatic heterocycles. The van der Waals surface area contributed by atoms with Gasteiger partial charge in [-0.2, -0.15) is 4.98 Å². The molecule has 2 aromatic heterocycles. The smallest absolute Gasteiger partial charge is 0.262 e. The molecule has 1 saturated carbocycles. The average molecular weight is 246 g/mol. The van der Waals surface area contributed by atoms with Gasteiger partial charge in [-0.3, -0.25) is 0 Å². The van der Waals surface area contributed by atoms with Gasteiger partial charge in [-0.15, -0.1) is 0 Å². The topological polar surface area (TPSA) is 63.8 Å². The molecular weight excluding hydrogens is 228 g/mol. The first-order valence-corrected chi connectivity index (χ1v) is 6.70. The molecule has 18 heavy (non-hydrogen) atoms. The van der Waals surface area contributed by atoms with Gasteiger partial charge in [0.1, 0.15) is 17.5 Å². The molecule has 2 heterocycles. The zero-order valence-electron chi connectivity index (χ0n) is 10.6. The monoisotopic (exact) mass is 246 g/mol. The number of hydrogen-bond acceptors (Lipinski definition) is 5. The highest BCUT2D eigenvalue weighted by atomic mass is 16.5. The minimum absolute atomic E-state index is 0.511. The number of fused-ring (bicyclic) bond motifs is 1. The lowest BCUT2D eigenvalue weighted by atomic mass is 9.83. The summed E-state index contributed by atoms with van der Waals surface area (Å²) in [6.45, 7) is 2.26. The molecule has 3 rings (SSSR count). The van der Waals surface area contributed by atoms with Crippen LogP contribution in [0.1, 0.15) is 39.0 Å². The van der Waals surface area contributed by atoms with Crippen molar-refractivity contribution in [2.75, 3.05) is 5.32 Å². The van der Waals surface area contributed by atoms with E-state index in [0.29, 0.717) is 11.8 Å². The van der Waals surface area contributed by atoms with E-state index >= 15 is 0 Å². The van der Waals surface area contributed by atoms with Crippen LogP contribution in [0.3, 0.4) is 0 Å². The van der Waals surface area contributed by atoms with Gasteiger partial charge in [0.15, 0.2) is 0 Å². The highest BCUT2D eigenvalue weighted by Crippen LogP contribution is 2.30. The Balaban J connectivity index is 1.84. The second-order valence-electron chi connectivity index (χ2n) is 4.97. The van der Waals surface area contributed by atoms with Crippen LogP contribution in [0.4, 0.5) is 5.82 Å². The maximum absolute atomic E-state index is 5.06. The summed E-state index contributed by atoms with van der Waals surface area (Å²) >= 11 is 0. The fourth-order valence-corrected chi connectivity index (χ4v) is 2.87. The van der Waals surface area contributed by atoms with E-state index in [4.69, 9.17) is 4.52 Å². The van der Waals surface area contributed by atoms with Crippen LogP contribution in [0.2, 0.25) is 0 Å². The third-order valence-corrected chi connectivity index (χ3v) is 3.92. The van der Waals surface area contributed by atoms with E-state index in [-0.39, 0.29) is 0 Å². The van der Waals surface area contributed by atoms with Gasteiger partial charge in [0.2, 0.25) is 0 Å². The number of aromatic nitrogens is 3. The molecule has 5 heteroatoms. The Hall–Kier alpha value is -1.65. The Bertz CT molecular complexity index is 524. The lowest BCUT2D eigenvalue weighted by Crippen LogP contribution is -2.32. The summed E-state index contributed by atoms with van der Waals surface area (Å²) in [6.07, 6.45) is 9.60. The van der Waals surface area contributed by atoms with Crippen molar-refractivity contribution in [3.8, 4) is 0 Å². The predicted molar refractivity (Wildman–Crippen MR) is 69.3 cm³/mol. The normalized spacial score (nSPS) is 24.3. The van der Waals surface area contributed by atoms with Gasteiger partial charge in [-0.25, -0.2) is 4.98 Å². The Morgan fingerprint density at radius 1 is 1.33 bits per heavy atom. The highest BCUT2D eigenvalue weighted by Gasteiger charge is 2.24. The number of hydrogen-bond donors (Lipinski definition) is 1. The molecule has 0 unspecified atom stereocenters.